The molecule has 2 bridgehead atoms. The number of alkyl carbamates (subject to hydrolysis) is 1. The van der Waals surface area contributed by atoms with Crippen LogP contribution in [0, 0.1) is 11.3 Å². The zero-order chi connectivity index (χ0) is 28.7. The first-order chi connectivity index (χ1) is 18.2. The van der Waals surface area contributed by atoms with E-state index in [4.69, 9.17) is 4.74 Å². The van der Waals surface area contributed by atoms with Gasteiger partial charge in [0.05, 0.1) is 23.7 Å². The van der Waals surface area contributed by atoms with Crippen LogP contribution in [0.3, 0.4) is 0 Å². The average molecular weight is 550 g/mol. The molecule has 212 valence electrons. The van der Waals surface area contributed by atoms with Gasteiger partial charge in [-0.25, -0.2) is 4.79 Å². The van der Waals surface area contributed by atoms with Gasteiger partial charge < -0.3 is 19.9 Å². The van der Waals surface area contributed by atoms with Crippen LogP contribution in [0.1, 0.15) is 64.1 Å². The van der Waals surface area contributed by atoms with Crippen LogP contribution >= 0.6 is 0 Å². The number of nitrogens with one attached hydrogen (secondary N) is 1. The fraction of sp³-hybridized carbons (Fsp3) is 0.630. The van der Waals surface area contributed by atoms with E-state index in [2.05, 4.69) is 11.4 Å². The molecule has 3 heterocycles. The van der Waals surface area contributed by atoms with E-state index in [0.717, 1.165) is 12.1 Å². The summed E-state index contributed by atoms with van der Waals surface area (Å²) >= 11 is 0. The predicted molar refractivity (Wildman–Crippen MR) is 134 cm³/mol. The van der Waals surface area contributed by atoms with Gasteiger partial charge in [0.15, 0.2) is 0 Å². The highest BCUT2D eigenvalue weighted by Crippen LogP contribution is 2.39. The molecule has 12 heteroatoms. The molecule has 39 heavy (non-hydrogen) atoms. The minimum atomic E-state index is -4.48. The molecule has 5 atom stereocenters. The summed E-state index contributed by atoms with van der Waals surface area (Å²) in [5.74, 6) is -0.634. The Morgan fingerprint density at radius 1 is 1.26 bits per heavy atom. The second-order valence-electron chi connectivity index (χ2n) is 11.4. The zero-order valence-electron chi connectivity index (χ0n) is 22.5. The van der Waals surface area contributed by atoms with Crippen LogP contribution in [0.25, 0.3) is 0 Å². The maximum absolute atomic E-state index is 13.5. The summed E-state index contributed by atoms with van der Waals surface area (Å²) in [5, 5.41) is 12.1. The third kappa shape index (κ3) is 6.13. The van der Waals surface area contributed by atoms with Crippen molar-refractivity contribution >= 4 is 17.9 Å². The van der Waals surface area contributed by atoms with Crippen LogP contribution < -0.4 is 5.32 Å². The van der Waals surface area contributed by atoms with Crippen LogP contribution in [-0.2, 0) is 20.5 Å². The molecule has 4 rings (SSSR count). The fourth-order valence-electron chi connectivity index (χ4n) is 5.77. The lowest BCUT2D eigenvalue weighted by Gasteiger charge is -2.39. The van der Waals surface area contributed by atoms with Crippen molar-refractivity contribution in [3.63, 3.8) is 0 Å². The highest BCUT2D eigenvalue weighted by atomic mass is 19.4. The first-order valence-electron chi connectivity index (χ1n) is 13.1. The molecular formula is C27H34F3N5O4. The Hall–Kier alpha value is -3.33. The van der Waals surface area contributed by atoms with Crippen LogP contribution in [0.4, 0.5) is 18.0 Å². The van der Waals surface area contributed by atoms with E-state index in [1.54, 1.807) is 38.7 Å². The molecule has 3 saturated heterocycles. The van der Waals surface area contributed by atoms with Gasteiger partial charge in [-0.05, 0) is 64.7 Å². The van der Waals surface area contributed by atoms with Gasteiger partial charge in [-0.15, -0.1) is 0 Å². The van der Waals surface area contributed by atoms with Gasteiger partial charge in [0, 0.05) is 25.7 Å². The second-order valence-corrected chi connectivity index (χ2v) is 11.4. The lowest BCUT2D eigenvalue weighted by atomic mass is 10.0. The summed E-state index contributed by atoms with van der Waals surface area (Å²) in [6, 6.07) is 4.14. The number of halogens is 3. The van der Waals surface area contributed by atoms with Crippen molar-refractivity contribution in [1.82, 2.24) is 20.0 Å². The number of rotatable bonds is 6. The van der Waals surface area contributed by atoms with E-state index < -0.39 is 53.5 Å². The molecule has 0 saturated carbocycles. The largest absolute Gasteiger partial charge is 0.444 e. The van der Waals surface area contributed by atoms with E-state index in [9.17, 15) is 32.8 Å². The Morgan fingerprint density at radius 3 is 2.59 bits per heavy atom. The molecule has 1 N–H and O–H groups in total. The standard InChI is InChI=1S/C27H34F3N5O4/c1-16(17-7-5-8-18(11-17)27(28,29)30)35-20-12-22(24(35)37)33(14-20)15-21(32-25(38)39-26(2,3)4)23(36)34-10-6-9-19(34)13-31/h5,7-8,11,16,19-22H,6,9-10,12,14-15H2,1-4H3,(H,32,38)/t16-,19?,20?,21?,22?/m0/s1. The van der Waals surface area contributed by atoms with Gasteiger partial charge in [-0.3, -0.25) is 14.5 Å². The summed E-state index contributed by atoms with van der Waals surface area (Å²) in [6.45, 7) is 7.67. The van der Waals surface area contributed by atoms with Crippen molar-refractivity contribution in [3.05, 3.63) is 35.4 Å². The number of amides is 3. The lowest BCUT2D eigenvalue weighted by molar-refractivity contribution is -0.141. The van der Waals surface area contributed by atoms with Crippen molar-refractivity contribution in [1.29, 1.82) is 5.26 Å². The molecular weight excluding hydrogens is 515 g/mol. The number of hydrogen-bond acceptors (Lipinski definition) is 6. The maximum Gasteiger partial charge on any atom is 0.416 e. The van der Waals surface area contributed by atoms with E-state index in [1.165, 1.54) is 11.0 Å². The van der Waals surface area contributed by atoms with Crippen molar-refractivity contribution in [2.45, 2.75) is 88.9 Å². The average Bonchev–Trinajstić information content (AvgIpc) is 3.55. The number of likely N-dealkylation sites (tertiary alicyclic amines) is 3. The van der Waals surface area contributed by atoms with E-state index in [-0.39, 0.29) is 18.5 Å². The molecule has 1 aromatic carbocycles. The quantitative estimate of drug-likeness (QED) is 0.583. The number of carbonyl (C=O) groups excluding carboxylic acids is 3. The summed E-state index contributed by atoms with van der Waals surface area (Å²) in [7, 11) is 0. The number of benzene rings is 1. The predicted octanol–water partition coefficient (Wildman–Crippen LogP) is 3.46. The van der Waals surface area contributed by atoms with Crippen LogP contribution in [0.5, 0.6) is 0 Å². The Labute approximate surface area is 225 Å². The summed E-state index contributed by atoms with van der Waals surface area (Å²) in [6.07, 6.45) is -3.55. The van der Waals surface area contributed by atoms with Gasteiger partial charge in [0.2, 0.25) is 11.8 Å². The summed E-state index contributed by atoms with van der Waals surface area (Å²) in [4.78, 5) is 44.4. The molecule has 3 fully saturated rings. The van der Waals surface area contributed by atoms with Crippen molar-refractivity contribution < 1.29 is 32.3 Å². The van der Waals surface area contributed by atoms with Crippen molar-refractivity contribution in [2.75, 3.05) is 19.6 Å². The molecule has 9 nitrogen and oxygen atoms in total. The van der Waals surface area contributed by atoms with Crippen molar-refractivity contribution in [3.8, 4) is 6.07 Å². The highest BCUT2D eigenvalue weighted by molar-refractivity contribution is 5.88. The first kappa shape index (κ1) is 28.7. The Bertz CT molecular complexity index is 1160. The fourth-order valence-corrected chi connectivity index (χ4v) is 5.77. The number of nitriles is 1. The molecule has 3 aliphatic rings. The Kier molecular flexibility index (Phi) is 7.85. The molecule has 3 amide bonds. The first-order valence-corrected chi connectivity index (χ1v) is 13.1. The zero-order valence-corrected chi connectivity index (χ0v) is 22.5. The van der Waals surface area contributed by atoms with Gasteiger partial charge in [0.25, 0.3) is 0 Å². The molecule has 1 aromatic rings. The van der Waals surface area contributed by atoms with Gasteiger partial charge in [-0.1, -0.05) is 12.1 Å². The molecule has 0 aliphatic carbocycles. The number of piperazine rings is 1. The van der Waals surface area contributed by atoms with Crippen LogP contribution in [0.2, 0.25) is 0 Å². The van der Waals surface area contributed by atoms with Gasteiger partial charge in [0.1, 0.15) is 17.7 Å². The number of hydrogen-bond donors (Lipinski definition) is 1. The SMILES string of the molecule is C[C@@H](c1cccc(C(F)(F)F)c1)N1C(=O)C2CC1CN2CC(NC(=O)OC(C)(C)C)C(=O)N1CCCC1C#N. The van der Waals surface area contributed by atoms with E-state index in [1.807, 2.05) is 4.90 Å². The summed E-state index contributed by atoms with van der Waals surface area (Å²) < 4.78 is 45.1. The summed E-state index contributed by atoms with van der Waals surface area (Å²) in [5.41, 5.74) is -1.16. The second kappa shape index (κ2) is 10.7. The monoisotopic (exact) mass is 549 g/mol. The van der Waals surface area contributed by atoms with Crippen LogP contribution in [-0.4, -0.2) is 82.0 Å². The van der Waals surface area contributed by atoms with E-state index >= 15 is 0 Å². The maximum atomic E-state index is 13.5. The number of nitrogens with zero attached hydrogens (tertiary/aromatic N) is 4. The number of fused-ring (bicyclic) bond motifs is 2. The molecule has 4 unspecified atom stereocenters. The minimum absolute atomic E-state index is 0.0470. The van der Waals surface area contributed by atoms with Gasteiger partial charge in [-0.2, -0.15) is 18.4 Å². The third-order valence-corrected chi connectivity index (χ3v) is 7.52. The molecule has 0 radical (unpaired) electrons. The topological polar surface area (TPSA) is 106 Å². The molecule has 0 aromatic heterocycles. The Morgan fingerprint density at radius 2 is 1.97 bits per heavy atom. The molecule has 0 spiro atoms. The lowest BCUT2D eigenvalue weighted by Crippen LogP contribution is -2.59. The smallest absolute Gasteiger partial charge is 0.416 e. The van der Waals surface area contributed by atoms with Crippen molar-refractivity contribution in [2.24, 2.45) is 0 Å². The van der Waals surface area contributed by atoms with Gasteiger partial charge >= 0.3 is 12.3 Å². The number of alkyl halides is 3. The van der Waals surface area contributed by atoms with E-state index in [0.29, 0.717) is 37.9 Å². The third-order valence-electron chi connectivity index (χ3n) is 7.52. The Balaban J connectivity index is 1.49. The number of carbonyl (C=O) groups is 3. The normalized spacial score (nSPS) is 25.0. The highest BCUT2D eigenvalue weighted by Gasteiger charge is 2.52. The number of ether oxygens (including phenoxy) is 1. The van der Waals surface area contributed by atoms with Crippen LogP contribution in [0.15, 0.2) is 24.3 Å². The minimum Gasteiger partial charge on any atom is -0.444 e. The molecule has 3 aliphatic heterocycles.